The van der Waals surface area contributed by atoms with Crippen LogP contribution in [0.3, 0.4) is 0 Å². The second kappa shape index (κ2) is 5.87. The Labute approximate surface area is 107 Å². The molecule has 2 atom stereocenters. The third-order valence-corrected chi connectivity index (χ3v) is 3.51. The fourth-order valence-electron chi connectivity index (χ4n) is 2.32. The van der Waals surface area contributed by atoms with Crippen LogP contribution < -0.4 is 0 Å². The number of aliphatic hydroxyl groups is 1. The number of hydrogen-bond donors (Lipinski definition) is 1. The van der Waals surface area contributed by atoms with Crippen molar-refractivity contribution >= 4 is 6.09 Å². The molecule has 18 heavy (non-hydrogen) atoms. The minimum atomic E-state index is -0.331. The zero-order valence-corrected chi connectivity index (χ0v) is 10.6. The number of nitrogens with zero attached hydrogens (tertiary/aromatic N) is 1. The van der Waals surface area contributed by atoms with Gasteiger partial charge in [-0.1, -0.05) is 37.3 Å². The smallest absolute Gasteiger partial charge is 0.410 e. The van der Waals surface area contributed by atoms with E-state index in [2.05, 4.69) is 0 Å². The van der Waals surface area contributed by atoms with E-state index in [1.54, 1.807) is 4.90 Å². The number of benzene rings is 1. The molecule has 2 unspecified atom stereocenters. The van der Waals surface area contributed by atoms with Gasteiger partial charge in [-0.05, 0) is 17.9 Å². The molecule has 1 amide bonds. The quantitative estimate of drug-likeness (QED) is 0.891. The number of hydrogen-bond acceptors (Lipinski definition) is 3. The minimum absolute atomic E-state index is 0.00159. The molecule has 0 spiro atoms. The average molecular weight is 249 g/mol. The maximum absolute atomic E-state index is 11.9. The lowest BCUT2D eigenvalue weighted by molar-refractivity contribution is 0.0739. The molecule has 0 aliphatic carbocycles. The van der Waals surface area contributed by atoms with Gasteiger partial charge in [0.15, 0.2) is 0 Å². The molecule has 1 fully saturated rings. The summed E-state index contributed by atoms with van der Waals surface area (Å²) < 4.78 is 5.27. The van der Waals surface area contributed by atoms with E-state index >= 15 is 0 Å². The zero-order chi connectivity index (χ0) is 13.0. The second-order valence-corrected chi connectivity index (χ2v) is 4.75. The molecule has 0 bridgehead atoms. The van der Waals surface area contributed by atoms with Gasteiger partial charge in [-0.15, -0.1) is 0 Å². The summed E-state index contributed by atoms with van der Waals surface area (Å²) in [5, 5.41) is 9.29. The molecule has 1 aliphatic rings. The van der Waals surface area contributed by atoms with Gasteiger partial charge in [-0.25, -0.2) is 4.79 Å². The van der Waals surface area contributed by atoms with Crippen LogP contribution in [0.25, 0.3) is 0 Å². The fourth-order valence-corrected chi connectivity index (χ4v) is 2.32. The van der Waals surface area contributed by atoms with E-state index in [0.717, 1.165) is 12.0 Å². The zero-order valence-electron chi connectivity index (χ0n) is 10.6. The van der Waals surface area contributed by atoms with Gasteiger partial charge in [-0.2, -0.15) is 0 Å². The Morgan fingerprint density at radius 1 is 1.44 bits per heavy atom. The summed E-state index contributed by atoms with van der Waals surface area (Å²) in [6.45, 7) is 3.00. The van der Waals surface area contributed by atoms with Crippen LogP contribution in [0.4, 0.5) is 4.79 Å². The summed E-state index contributed by atoms with van der Waals surface area (Å²) in [7, 11) is 0. The van der Waals surface area contributed by atoms with Crippen LogP contribution in [0.1, 0.15) is 18.9 Å². The van der Waals surface area contributed by atoms with Crippen LogP contribution in [0.5, 0.6) is 0 Å². The van der Waals surface area contributed by atoms with Gasteiger partial charge >= 0.3 is 6.09 Å². The number of aliphatic hydroxyl groups excluding tert-OH is 1. The summed E-state index contributed by atoms with van der Waals surface area (Å²) in [4.78, 5) is 13.6. The molecule has 4 heteroatoms. The molecule has 1 heterocycles. The molecule has 4 nitrogen and oxygen atoms in total. The molecule has 1 N–H and O–H groups in total. The number of likely N-dealkylation sites (tertiary alicyclic amines) is 1. The van der Waals surface area contributed by atoms with E-state index in [4.69, 9.17) is 4.74 Å². The van der Waals surface area contributed by atoms with Crippen LogP contribution in [0.2, 0.25) is 0 Å². The lowest BCUT2D eigenvalue weighted by atomic mass is 10.0. The Morgan fingerprint density at radius 2 is 2.17 bits per heavy atom. The fraction of sp³-hybridized carbons (Fsp3) is 0.500. The van der Waals surface area contributed by atoms with Crippen LogP contribution >= 0.6 is 0 Å². The highest BCUT2D eigenvalue weighted by Gasteiger charge is 2.34. The maximum Gasteiger partial charge on any atom is 0.410 e. The standard InChI is InChI=1S/C14H19NO3/c1-11-7-8-15(13(11)9-16)14(17)18-10-12-5-3-2-4-6-12/h2-6,11,13,16H,7-10H2,1H3. The Hall–Kier alpha value is -1.55. The average Bonchev–Trinajstić information content (AvgIpc) is 2.78. The first-order valence-corrected chi connectivity index (χ1v) is 6.30. The minimum Gasteiger partial charge on any atom is -0.445 e. The number of rotatable bonds is 3. The highest BCUT2D eigenvalue weighted by molar-refractivity contribution is 5.68. The van der Waals surface area contributed by atoms with E-state index in [-0.39, 0.29) is 25.3 Å². The van der Waals surface area contributed by atoms with Crippen molar-refractivity contribution in [3.05, 3.63) is 35.9 Å². The number of ether oxygens (including phenoxy) is 1. The summed E-state index contributed by atoms with van der Waals surface area (Å²) in [6.07, 6.45) is 0.591. The molecule has 0 saturated carbocycles. The lowest BCUT2D eigenvalue weighted by Gasteiger charge is -2.24. The largest absolute Gasteiger partial charge is 0.445 e. The molecule has 0 radical (unpaired) electrons. The van der Waals surface area contributed by atoms with Crippen molar-refractivity contribution in [1.29, 1.82) is 0 Å². The predicted molar refractivity (Wildman–Crippen MR) is 68.0 cm³/mol. The Balaban J connectivity index is 1.88. The summed E-state index contributed by atoms with van der Waals surface area (Å²) >= 11 is 0. The highest BCUT2D eigenvalue weighted by Crippen LogP contribution is 2.24. The van der Waals surface area contributed by atoms with E-state index in [0.29, 0.717) is 12.5 Å². The second-order valence-electron chi connectivity index (χ2n) is 4.75. The van der Waals surface area contributed by atoms with Crippen LogP contribution in [-0.4, -0.2) is 35.3 Å². The predicted octanol–water partition coefficient (Wildman–Crippen LogP) is 2.03. The summed E-state index contributed by atoms with van der Waals surface area (Å²) in [6, 6.07) is 9.49. The van der Waals surface area contributed by atoms with Crippen molar-refractivity contribution in [2.75, 3.05) is 13.2 Å². The van der Waals surface area contributed by atoms with Crippen LogP contribution in [0.15, 0.2) is 30.3 Å². The number of amides is 1. The van der Waals surface area contributed by atoms with Gasteiger partial charge in [0.25, 0.3) is 0 Å². The van der Waals surface area contributed by atoms with Gasteiger partial charge in [0.1, 0.15) is 6.61 Å². The van der Waals surface area contributed by atoms with Crippen molar-refractivity contribution in [3.8, 4) is 0 Å². The first kappa shape index (κ1) is 12.9. The molecule has 2 rings (SSSR count). The number of carbonyl (C=O) groups is 1. The van der Waals surface area contributed by atoms with E-state index in [9.17, 15) is 9.90 Å². The van der Waals surface area contributed by atoms with Gasteiger partial charge in [0.2, 0.25) is 0 Å². The monoisotopic (exact) mass is 249 g/mol. The maximum atomic E-state index is 11.9. The van der Waals surface area contributed by atoms with Gasteiger partial charge in [0.05, 0.1) is 12.6 Å². The van der Waals surface area contributed by atoms with E-state index in [1.807, 2.05) is 37.3 Å². The summed E-state index contributed by atoms with van der Waals surface area (Å²) in [5.74, 6) is 0.333. The van der Waals surface area contributed by atoms with Crippen molar-refractivity contribution in [2.24, 2.45) is 5.92 Å². The van der Waals surface area contributed by atoms with Gasteiger partial charge in [-0.3, -0.25) is 0 Å². The molecule has 1 aliphatic heterocycles. The van der Waals surface area contributed by atoms with Gasteiger partial charge in [0, 0.05) is 6.54 Å². The Morgan fingerprint density at radius 3 is 2.83 bits per heavy atom. The molecular formula is C14H19NO3. The van der Waals surface area contributed by atoms with Gasteiger partial charge < -0.3 is 14.7 Å². The lowest BCUT2D eigenvalue weighted by Crippen LogP contribution is -2.40. The molecule has 1 saturated heterocycles. The first-order chi connectivity index (χ1) is 8.72. The van der Waals surface area contributed by atoms with Crippen molar-refractivity contribution in [1.82, 2.24) is 4.90 Å². The third kappa shape index (κ3) is 2.82. The van der Waals surface area contributed by atoms with E-state index < -0.39 is 0 Å². The summed E-state index contributed by atoms with van der Waals surface area (Å²) in [5.41, 5.74) is 0.971. The van der Waals surface area contributed by atoms with Crippen molar-refractivity contribution in [3.63, 3.8) is 0 Å². The molecular weight excluding hydrogens is 230 g/mol. The molecule has 1 aromatic carbocycles. The van der Waals surface area contributed by atoms with Crippen LogP contribution in [0, 0.1) is 5.92 Å². The normalized spacial score (nSPS) is 23.1. The van der Waals surface area contributed by atoms with Crippen molar-refractivity contribution in [2.45, 2.75) is 26.0 Å². The molecule has 98 valence electrons. The SMILES string of the molecule is CC1CCN(C(=O)OCc2ccccc2)C1CO. The molecule has 0 aromatic heterocycles. The van der Waals surface area contributed by atoms with Crippen molar-refractivity contribution < 1.29 is 14.6 Å². The van der Waals surface area contributed by atoms with Crippen LogP contribution in [-0.2, 0) is 11.3 Å². The Bertz CT molecular complexity index is 393. The first-order valence-electron chi connectivity index (χ1n) is 6.30. The molecule has 1 aromatic rings. The third-order valence-electron chi connectivity index (χ3n) is 3.51. The number of carbonyl (C=O) groups excluding carboxylic acids is 1. The highest BCUT2D eigenvalue weighted by atomic mass is 16.6. The topological polar surface area (TPSA) is 49.8 Å². The Kier molecular flexibility index (Phi) is 4.20. The van der Waals surface area contributed by atoms with E-state index in [1.165, 1.54) is 0 Å².